The number of rotatable bonds is 3. The van der Waals surface area contributed by atoms with Crippen LogP contribution in [0.1, 0.15) is 38.5 Å². The predicted molar refractivity (Wildman–Crippen MR) is 89.9 cm³/mol. The van der Waals surface area contributed by atoms with E-state index in [-0.39, 0.29) is 12.5 Å². The van der Waals surface area contributed by atoms with Gasteiger partial charge in [-0.2, -0.15) is 4.80 Å². The largest absolute Gasteiger partial charge is 0.338 e. The van der Waals surface area contributed by atoms with Crippen molar-refractivity contribution in [3.05, 3.63) is 30.3 Å². The number of benzene rings is 1. The van der Waals surface area contributed by atoms with Gasteiger partial charge in [0.25, 0.3) is 0 Å². The third kappa shape index (κ3) is 3.05. The normalized spacial score (nSPS) is 23.8. The number of carbonyl (C=O) groups is 1. The van der Waals surface area contributed by atoms with E-state index in [1.165, 1.54) is 30.5 Å². The van der Waals surface area contributed by atoms with Crippen LogP contribution in [-0.4, -0.2) is 43.6 Å². The van der Waals surface area contributed by atoms with Gasteiger partial charge < -0.3 is 4.90 Å². The van der Waals surface area contributed by atoms with Crippen LogP contribution in [0.4, 0.5) is 0 Å². The Balaban J connectivity index is 1.45. The van der Waals surface area contributed by atoms with E-state index in [1.54, 1.807) is 0 Å². The van der Waals surface area contributed by atoms with Gasteiger partial charge >= 0.3 is 0 Å². The molecule has 2 aliphatic rings. The predicted octanol–water partition coefficient (Wildman–Crippen LogP) is 2.52. The molecule has 0 N–H and O–H groups in total. The Labute approximate surface area is 141 Å². The number of hydrogen-bond acceptors (Lipinski definition) is 4. The molecule has 126 valence electrons. The second kappa shape index (κ2) is 6.71. The Hall–Kier alpha value is -2.24. The van der Waals surface area contributed by atoms with Crippen molar-refractivity contribution in [2.75, 3.05) is 6.54 Å². The highest BCUT2D eigenvalue weighted by atomic mass is 16.2. The molecule has 0 unspecified atom stereocenters. The second-order valence-corrected chi connectivity index (χ2v) is 6.85. The topological polar surface area (TPSA) is 63.9 Å². The quantitative estimate of drug-likeness (QED) is 0.870. The van der Waals surface area contributed by atoms with Crippen LogP contribution in [0, 0.1) is 5.92 Å². The Bertz CT molecular complexity index is 696. The number of amides is 1. The third-order valence-corrected chi connectivity index (χ3v) is 5.33. The average molecular weight is 325 g/mol. The van der Waals surface area contributed by atoms with Crippen LogP contribution >= 0.6 is 0 Å². The van der Waals surface area contributed by atoms with Crippen molar-refractivity contribution in [3.8, 4) is 11.4 Å². The highest BCUT2D eigenvalue weighted by Gasteiger charge is 2.35. The number of likely N-dealkylation sites (tertiary alicyclic amines) is 1. The maximum Gasteiger partial charge on any atom is 0.246 e. The summed E-state index contributed by atoms with van der Waals surface area (Å²) < 4.78 is 0. The van der Waals surface area contributed by atoms with Gasteiger partial charge in [-0.25, -0.2) is 0 Å². The molecule has 0 spiro atoms. The summed E-state index contributed by atoms with van der Waals surface area (Å²) in [6, 6.07) is 10.2. The lowest BCUT2D eigenvalue weighted by atomic mass is 9.78. The molecule has 2 aromatic rings. The highest BCUT2D eigenvalue weighted by Crippen LogP contribution is 2.35. The molecule has 1 saturated heterocycles. The summed E-state index contributed by atoms with van der Waals surface area (Å²) in [5, 5.41) is 12.5. The van der Waals surface area contributed by atoms with E-state index in [9.17, 15) is 4.79 Å². The van der Waals surface area contributed by atoms with E-state index in [1.807, 2.05) is 30.3 Å². The fourth-order valence-electron chi connectivity index (χ4n) is 4.16. The molecular formula is C18H23N5O. The average Bonchev–Trinajstić information content (AvgIpc) is 3.10. The van der Waals surface area contributed by atoms with Gasteiger partial charge in [-0.05, 0) is 36.8 Å². The van der Waals surface area contributed by atoms with Gasteiger partial charge in [0.05, 0.1) is 0 Å². The monoisotopic (exact) mass is 325 g/mol. The molecule has 1 aliphatic carbocycles. The summed E-state index contributed by atoms with van der Waals surface area (Å²) in [5.74, 6) is 1.39. The molecule has 1 amide bonds. The van der Waals surface area contributed by atoms with Crippen molar-refractivity contribution >= 4 is 5.91 Å². The number of aromatic nitrogens is 4. The van der Waals surface area contributed by atoms with Gasteiger partial charge in [0.1, 0.15) is 6.54 Å². The van der Waals surface area contributed by atoms with Crippen molar-refractivity contribution in [1.82, 2.24) is 25.1 Å². The second-order valence-electron chi connectivity index (χ2n) is 6.85. The summed E-state index contributed by atoms with van der Waals surface area (Å²) in [6.07, 6.45) is 7.37. The summed E-state index contributed by atoms with van der Waals surface area (Å²) >= 11 is 0. The van der Waals surface area contributed by atoms with Crippen LogP contribution in [0.2, 0.25) is 0 Å². The van der Waals surface area contributed by atoms with Gasteiger partial charge in [0.15, 0.2) is 0 Å². The first kappa shape index (κ1) is 15.3. The Morgan fingerprint density at radius 1 is 1.08 bits per heavy atom. The van der Waals surface area contributed by atoms with E-state index in [0.717, 1.165) is 24.9 Å². The lowest BCUT2D eigenvalue weighted by Crippen LogP contribution is -2.50. The molecule has 6 nitrogen and oxygen atoms in total. The molecular weight excluding hydrogens is 302 g/mol. The first-order valence-electron chi connectivity index (χ1n) is 8.94. The number of tetrazole rings is 1. The summed E-state index contributed by atoms with van der Waals surface area (Å²) in [4.78, 5) is 16.3. The minimum absolute atomic E-state index is 0.128. The lowest BCUT2D eigenvalue weighted by molar-refractivity contribution is -0.138. The zero-order valence-corrected chi connectivity index (χ0v) is 13.8. The van der Waals surface area contributed by atoms with Crippen LogP contribution < -0.4 is 0 Å². The fourth-order valence-corrected chi connectivity index (χ4v) is 4.16. The first-order chi connectivity index (χ1) is 11.8. The molecule has 1 saturated carbocycles. The number of nitrogens with zero attached hydrogens (tertiary/aromatic N) is 5. The Morgan fingerprint density at radius 2 is 1.88 bits per heavy atom. The molecule has 2 heterocycles. The molecule has 2 fully saturated rings. The van der Waals surface area contributed by atoms with Gasteiger partial charge in [-0.15, -0.1) is 10.2 Å². The van der Waals surface area contributed by atoms with Gasteiger partial charge in [0, 0.05) is 18.2 Å². The summed E-state index contributed by atoms with van der Waals surface area (Å²) in [5.41, 5.74) is 0.918. The van der Waals surface area contributed by atoms with Crippen LogP contribution in [0.15, 0.2) is 30.3 Å². The van der Waals surface area contributed by atoms with Crippen LogP contribution in [0.5, 0.6) is 0 Å². The van der Waals surface area contributed by atoms with Crippen LogP contribution in [0.3, 0.4) is 0 Å². The molecule has 4 rings (SSSR count). The van der Waals surface area contributed by atoms with E-state index >= 15 is 0 Å². The SMILES string of the molecule is O=C(Cn1nnc(-c2ccccc2)n1)N1CCC[C@@H]2CCCC[C@H]21. The Kier molecular flexibility index (Phi) is 4.28. The molecule has 1 aromatic heterocycles. The van der Waals surface area contributed by atoms with E-state index in [0.29, 0.717) is 17.8 Å². The van der Waals surface area contributed by atoms with Crippen molar-refractivity contribution in [1.29, 1.82) is 0 Å². The molecule has 1 aliphatic heterocycles. The van der Waals surface area contributed by atoms with Crippen molar-refractivity contribution in [2.45, 2.75) is 51.1 Å². The molecule has 24 heavy (non-hydrogen) atoms. The van der Waals surface area contributed by atoms with E-state index in [2.05, 4.69) is 20.3 Å². The number of hydrogen-bond donors (Lipinski definition) is 0. The maximum absolute atomic E-state index is 12.8. The smallest absolute Gasteiger partial charge is 0.246 e. The molecule has 2 atom stereocenters. The molecule has 0 radical (unpaired) electrons. The lowest BCUT2D eigenvalue weighted by Gasteiger charge is -2.44. The van der Waals surface area contributed by atoms with Crippen LogP contribution in [0.25, 0.3) is 11.4 Å². The zero-order valence-electron chi connectivity index (χ0n) is 13.8. The van der Waals surface area contributed by atoms with Crippen molar-refractivity contribution in [2.24, 2.45) is 5.92 Å². The van der Waals surface area contributed by atoms with Crippen molar-refractivity contribution < 1.29 is 4.79 Å². The van der Waals surface area contributed by atoms with E-state index in [4.69, 9.17) is 0 Å². The molecule has 6 heteroatoms. The number of fused-ring (bicyclic) bond motifs is 1. The maximum atomic E-state index is 12.8. The van der Waals surface area contributed by atoms with Crippen LogP contribution in [-0.2, 0) is 11.3 Å². The molecule has 0 bridgehead atoms. The summed E-state index contributed by atoms with van der Waals surface area (Å²) in [7, 11) is 0. The minimum Gasteiger partial charge on any atom is -0.338 e. The van der Waals surface area contributed by atoms with Gasteiger partial charge in [0.2, 0.25) is 11.7 Å². The molecule has 1 aromatic carbocycles. The van der Waals surface area contributed by atoms with Gasteiger partial charge in [-0.1, -0.05) is 43.2 Å². The number of piperidine rings is 1. The first-order valence-corrected chi connectivity index (χ1v) is 8.94. The fraction of sp³-hybridized carbons (Fsp3) is 0.556. The highest BCUT2D eigenvalue weighted by molar-refractivity contribution is 5.76. The minimum atomic E-state index is 0.128. The standard InChI is InChI=1S/C18H23N5O/c24-17(22-12-6-10-14-7-4-5-11-16(14)22)13-23-20-18(19-21-23)15-8-2-1-3-9-15/h1-3,8-9,14,16H,4-7,10-13H2/t14-,16+/m0/s1. The third-order valence-electron chi connectivity index (χ3n) is 5.33. The van der Waals surface area contributed by atoms with Crippen molar-refractivity contribution in [3.63, 3.8) is 0 Å². The van der Waals surface area contributed by atoms with Gasteiger partial charge in [-0.3, -0.25) is 4.79 Å². The number of carbonyl (C=O) groups excluding carboxylic acids is 1. The zero-order chi connectivity index (χ0) is 16.4. The Morgan fingerprint density at radius 3 is 2.75 bits per heavy atom. The van der Waals surface area contributed by atoms with E-state index < -0.39 is 0 Å². The summed E-state index contributed by atoms with van der Waals surface area (Å²) in [6.45, 7) is 1.06.